The van der Waals surface area contributed by atoms with Crippen LogP contribution in [0.3, 0.4) is 0 Å². The maximum atomic E-state index is 14.8. The summed E-state index contributed by atoms with van der Waals surface area (Å²) in [6.07, 6.45) is 1.44. The van der Waals surface area contributed by atoms with E-state index >= 15 is 0 Å². The summed E-state index contributed by atoms with van der Waals surface area (Å²) in [7, 11) is 2.88. The number of nitrogens with one attached hydrogen (secondary N) is 3. The molecule has 4 bridgehead atoms. The number of nitrogens with zero attached hydrogens (tertiary/aromatic N) is 2. The number of nitrogens with two attached hydrogens (primary N) is 3. The van der Waals surface area contributed by atoms with Crippen LogP contribution >= 0.6 is 8.58 Å². The van der Waals surface area contributed by atoms with Crippen molar-refractivity contribution in [3.05, 3.63) is 87.7 Å². The standard InChI is InChI=1S/C48H63N8O11P/c1-25-42(59)55-37(47(63)64)17-27-6-11-38(66-23-31(57)20-50)33(16-27)34-18-29(19-39(41(34)65-5)67-24-32(58)21-51)40(44(61)53-25)56(4)46(62)36(12-15-49)54-43(60)35-22-52-45(68-26(35)2)28-7-9-30(10-8-28)48(3)13-14-48/h6-11,16,18-19,22,25,31-32,36-37,40,45,57-58,68H,12-15,17,20-21,23-24,49-51H2,1-5H3,(H,53,61)(H,54,60)(H,55,59)(H,63,64)/t25-,31+,32+,36-,37-,40?,45?/m0/s1. The van der Waals surface area contributed by atoms with Gasteiger partial charge in [0.1, 0.15) is 55.3 Å². The van der Waals surface area contributed by atoms with Gasteiger partial charge in [0.15, 0.2) is 11.5 Å². The molecule has 3 unspecified atom stereocenters. The summed E-state index contributed by atoms with van der Waals surface area (Å²) >= 11 is 0. The van der Waals surface area contributed by atoms with Crippen molar-refractivity contribution in [1.82, 2.24) is 20.9 Å². The molecule has 1 fully saturated rings. The Morgan fingerprint density at radius 2 is 1.59 bits per heavy atom. The molecular weight excluding hydrogens is 896 g/mol. The largest absolute Gasteiger partial charge is 0.492 e. The third-order valence-corrected chi connectivity index (χ3v) is 13.9. The lowest BCUT2D eigenvalue weighted by Crippen LogP contribution is -2.55. The number of carbonyl (C=O) groups excluding carboxylic acids is 4. The zero-order valence-corrected chi connectivity index (χ0v) is 39.9. The first-order chi connectivity index (χ1) is 32.4. The van der Waals surface area contributed by atoms with Gasteiger partial charge in [-0.05, 0) is 96.9 Å². The minimum Gasteiger partial charge on any atom is -0.492 e. The fraction of sp³-hybridized carbons (Fsp3) is 0.458. The van der Waals surface area contributed by atoms with E-state index in [1.165, 1.54) is 38.9 Å². The Balaban J connectivity index is 1.41. The Morgan fingerprint density at radius 1 is 0.926 bits per heavy atom. The second-order valence-corrected chi connectivity index (χ2v) is 19.3. The van der Waals surface area contributed by atoms with E-state index in [9.17, 15) is 39.3 Å². The molecule has 2 heterocycles. The van der Waals surface area contributed by atoms with Crippen molar-refractivity contribution >= 4 is 44.4 Å². The molecule has 0 saturated heterocycles. The minimum absolute atomic E-state index is 0.00359. The maximum Gasteiger partial charge on any atom is 0.326 e. The average molecular weight is 959 g/mol. The number of methoxy groups -OCH3 is 1. The van der Waals surface area contributed by atoms with E-state index in [1.54, 1.807) is 24.3 Å². The van der Waals surface area contributed by atoms with Crippen molar-refractivity contribution in [2.45, 2.75) is 94.0 Å². The molecule has 19 nitrogen and oxygen atoms in total. The van der Waals surface area contributed by atoms with Crippen LogP contribution in [0.1, 0.15) is 74.1 Å². The number of carboxylic acid groups (broad SMARTS) is 1. The first kappa shape index (κ1) is 51.4. The monoisotopic (exact) mass is 958 g/mol. The lowest BCUT2D eigenvalue weighted by molar-refractivity contribution is -0.143. The Bertz CT molecular complexity index is 2430. The molecule has 1 aliphatic carbocycles. The SMILES string of the molecule is COc1c(OC[C@H](O)CN)cc2cc1-c1cc(ccc1OC[C@H](O)CN)C[C@@H](C(=O)O)NC(=O)[C@H](C)NC(=O)C2N(C)C(=O)[C@H](CCN)NC(=O)C1=C(C)PC(c2ccc(C3(C)CC3)cc2)N=C1. The lowest BCUT2D eigenvalue weighted by Gasteiger charge is -2.33. The number of ether oxygens (including phenoxy) is 3. The minimum atomic E-state index is -1.57. The van der Waals surface area contributed by atoms with Gasteiger partial charge in [0.05, 0.1) is 18.5 Å². The summed E-state index contributed by atoms with van der Waals surface area (Å²) < 4.78 is 18.1. The lowest BCUT2D eigenvalue weighted by atomic mass is 9.93. The van der Waals surface area contributed by atoms with Gasteiger partial charge in [0, 0.05) is 43.9 Å². The molecule has 366 valence electrons. The zero-order chi connectivity index (χ0) is 49.4. The van der Waals surface area contributed by atoms with E-state index in [0.29, 0.717) is 11.1 Å². The predicted molar refractivity (Wildman–Crippen MR) is 257 cm³/mol. The third kappa shape index (κ3) is 12.0. The second-order valence-electron chi connectivity index (χ2n) is 17.7. The zero-order valence-electron chi connectivity index (χ0n) is 38.9. The predicted octanol–water partition coefficient (Wildman–Crippen LogP) is 1.51. The van der Waals surface area contributed by atoms with Crippen LogP contribution < -0.4 is 47.4 Å². The van der Waals surface area contributed by atoms with E-state index in [4.69, 9.17) is 36.4 Å². The maximum absolute atomic E-state index is 14.8. The number of aliphatic carboxylic acids is 1. The molecule has 68 heavy (non-hydrogen) atoms. The van der Waals surface area contributed by atoms with Crippen LogP contribution in [0, 0.1) is 0 Å². The van der Waals surface area contributed by atoms with Gasteiger partial charge in [-0.25, -0.2) is 4.79 Å². The van der Waals surface area contributed by atoms with Crippen LogP contribution in [0.4, 0.5) is 0 Å². The van der Waals surface area contributed by atoms with E-state index in [-0.39, 0.29) is 99.4 Å². The molecule has 0 spiro atoms. The fourth-order valence-corrected chi connectivity index (χ4v) is 9.28. The Hall–Kier alpha value is -5.95. The molecule has 1 saturated carbocycles. The molecule has 6 rings (SSSR count). The molecule has 0 radical (unpaired) electrons. The summed E-state index contributed by atoms with van der Waals surface area (Å²) in [5, 5.41) is 39.8. The number of rotatable bonds is 18. The molecule has 8 atom stereocenters. The van der Waals surface area contributed by atoms with Gasteiger partial charge in [-0.3, -0.25) is 24.2 Å². The molecule has 20 heteroatoms. The summed E-state index contributed by atoms with van der Waals surface area (Å²) in [6.45, 7) is 4.61. The number of amides is 4. The van der Waals surface area contributed by atoms with Crippen LogP contribution in [0.2, 0.25) is 0 Å². The van der Waals surface area contributed by atoms with E-state index in [0.717, 1.165) is 28.6 Å². The van der Waals surface area contributed by atoms with Crippen molar-refractivity contribution in [3.8, 4) is 28.4 Å². The van der Waals surface area contributed by atoms with E-state index < -0.39 is 66.0 Å². The van der Waals surface area contributed by atoms with Crippen LogP contribution in [-0.4, -0.2) is 133 Å². The molecule has 2 aliphatic heterocycles. The van der Waals surface area contributed by atoms with Crippen molar-refractivity contribution in [3.63, 3.8) is 0 Å². The molecule has 3 aliphatic rings. The number of aliphatic hydroxyl groups is 2. The Labute approximate surface area is 397 Å². The highest BCUT2D eigenvalue weighted by molar-refractivity contribution is 7.43. The number of fused-ring (bicyclic) bond motifs is 5. The second kappa shape index (κ2) is 22.4. The average Bonchev–Trinajstić information content (AvgIpc) is 4.09. The molecule has 3 aromatic carbocycles. The number of likely N-dealkylation sites (N-methyl/N-ethyl adjacent to an activating group) is 1. The summed E-state index contributed by atoms with van der Waals surface area (Å²) in [6, 6.07) is 10.6. The Kier molecular flexibility index (Phi) is 17.0. The van der Waals surface area contributed by atoms with Gasteiger partial charge in [-0.1, -0.05) is 45.8 Å². The highest BCUT2D eigenvalue weighted by atomic mass is 31.1. The summed E-state index contributed by atoms with van der Waals surface area (Å²) in [5.41, 5.74) is 21.4. The Morgan fingerprint density at radius 3 is 2.18 bits per heavy atom. The first-order valence-electron chi connectivity index (χ1n) is 22.5. The van der Waals surface area contributed by atoms with Crippen molar-refractivity contribution in [1.29, 1.82) is 0 Å². The molecular formula is C48H63N8O11P. The van der Waals surface area contributed by atoms with Gasteiger partial charge < -0.3 is 67.6 Å². The van der Waals surface area contributed by atoms with Gasteiger partial charge in [-0.15, -0.1) is 0 Å². The highest BCUT2D eigenvalue weighted by Crippen LogP contribution is 2.50. The van der Waals surface area contributed by atoms with Crippen LogP contribution in [0.5, 0.6) is 17.2 Å². The first-order valence-corrected chi connectivity index (χ1v) is 23.6. The number of carbonyl (C=O) groups is 5. The van der Waals surface area contributed by atoms with Crippen molar-refractivity contribution in [2.75, 3.05) is 47.0 Å². The van der Waals surface area contributed by atoms with Gasteiger partial charge >= 0.3 is 5.97 Å². The van der Waals surface area contributed by atoms with Crippen molar-refractivity contribution < 1.29 is 53.5 Å². The summed E-state index contributed by atoms with van der Waals surface area (Å²) in [4.78, 5) is 75.5. The fourth-order valence-electron chi connectivity index (χ4n) is 8.03. The number of hydrogen-bond acceptors (Lipinski definition) is 14. The number of benzene rings is 3. The number of carboxylic acids is 1. The summed E-state index contributed by atoms with van der Waals surface area (Å²) in [5.74, 6) is -4.20. The normalized spacial score (nSPS) is 21.6. The van der Waals surface area contributed by atoms with Crippen LogP contribution in [0.15, 0.2) is 70.5 Å². The van der Waals surface area contributed by atoms with Crippen LogP contribution in [-0.2, 0) is 35.8 Å². The number of allylic oxidation sites excluding steroid dienone is 1. The van der Waals surface area contributed by atoms with E-state index in [1.807, 2.05) is 6.92 Å². The van der Waals surface area contributed by atoms with Gasteiger partial charge in [0.25, 0.3) is 5.91 Å². The van der Waals surface area contributed by atoms with Crippen LogP contribution in [0.25, 0.3) is 11.1 Å². The number of hydrogen-bond donors (Lipinski definition) is 9. The smallest absolute Gasteiger partial charge is 0.326 e. The number of aliphatic imine (C=N–C) groups is 1. The highest BCUT2D eigenvalue weighted by Gasteiger charge is 2.40. The molecule has 3 aromatic rings. The van der Waals surface area contributed by atoms with Crippen molar-refractivity contribution in [2.24, 2.45) is 22.2 Å². The third-order valence-electron chi connectivity index (χ3n) is 12.5. The quantitative estimate of drug-likeness (QED) is 0.0818. The molecule has 4 amide bonds. The number of aliphatic hydroxyl groups excluding tert-OH is 2. The topological polar surface area (TPSA) is 303 Å². The van der Waals surface area contributed by atoms with E-state index in [2.05, 4.69) is 47.1 Å². The molecule has 0 aromatic heterocycles. The van der Waals surface area contributed by atoms with Gasteiger partial charge in [0.2, 0.25) is 17.7 Å². The molecule has 12 N–H and O–H groups in total. The van der Waals surface area contributed by atoms with Gasteiger partial charge in [-0.2, -0.15) is 0 Å².